The summed E-state index contributed by atoms with van der Waals surface area (Å²) >= 11 is 4.37. The molecule has 0 N–H and O–H groups in total. The van der Waals surface area contributed by atoms with E-state index in [1.807, 2.05) is 24.3 Å². The minimum Gasteiger partial charge on any atom is -0.298 e. The van der Waals surface area contributed by atoms with Gasteiger partial charge in [-0.05, 0) is 28.5 Å². The molecule has 0 aromatic heterocycles. The fourth-order valence-electron chi connectivity index (χ4n) is 1.06. The third kappa shape index (κ3) is 3.04. The smallest absolute Gasteiger partial charge is 0.150 e. The van der Waals surface area contributed by atoms with E-state index >= 15 is 0 Å². The number of hydrogen-bond acceptors (Lipinski definition) is 2. The molecule has 0 saturated heterocycles. The van der Waals surface area contributed by atoms with Crippen LogP contribution in [0.4, 0.5) is 0 Å². The molecule has 0 radical (unpaired) electrons. The van der Waals surface area contributed by atoms with Crippen molar-refractivity contribution in [3.8, 4) is 0 Å². The molecule has 0 heterocycles. The van der Waals surface area contributed by atoms with Crippen LogP contribution in [0.15, 0.2) is 29.2 Å². The summed E-state index contributed by atoms with van der Waals surface area (Å²) in [5.41, 5.74) is 1.72. The van der Waals surface area contributed by atoms with Crippen molar-refractivity contribution >= 4 is 25.0 Å². The number of rotatable bonds is 3. The van der Waals surface area contributed by atoms with Gasteiger partial charge in [-0.1, -0.05) is 32.0 Å². The maximum absolute atomic E-state index is 10.5. The number of thiol groups is 1. The Labute approximate surface area is 90.2 Å². The molecule has 0 aliphatic heterocycles. The molecule has 0 saturated carbocycles. The van der Waals surface area contributed by atoms with Crippen molar-refractivity contribution in [2.75, 3.05) is 0 Å². The predicted molar refractivity (Wildman–Crippen MR) is 63.6 cm³/mol. The van der Waals surface area contributed by atoms with Crippen LogP contribution in [0, 0.1) is 5.92 Å². The third-order valence-corrected chi connectivity index (χ3v) is 2.60. The van der Waals surface area contributed by atoms with Crippen LogP contribution in [0.5, 0.6) is 0 Å². The first-order valence-corrected chi connectivity index (χ1v) is 5.04. The molecule has 0 spiro atoms. The maximum atomic E-state index is 10.5. The zero-order valence-corrected chi connectivity index (χ0v) is 9.29. The molecule has 0 atom stereocenters. The van der Waals surface area contributed by atoms with Crippen LogP contribution < -0.4 is 0 Å². The standard InChI is InChI=1S/C12H14OS/c1-9(2)12(14)7-10-4-3-5-11(6-10)8-13/h3-9,14H,1-2H3/b12-7-. The van der Waals surface area contributed by atoms with Crippen molar-refractivity contribution in [3.05, 3.63) is 40.3 Å². The topological polar surface area (TPSA) is 17.1 Å². The molecule has 0 fully saturated rings. The zero-order valence-electron chi connectivity index (χ0n) is 8.40. The average molecular weight is 206 g/mol. The van der Waals surface area contributed by atoms with Gasteiger partial charge < -0.3 is 0 Å². The van der Waals surface area contributed by atoms with Crippen molar-refractivity contribution < 1.29 is 4.79 Å². The van der Waals surface area contributed by atoms with Crippen molar-refractivity contribution in [3.63, 3.8) is 0 Å². The number of benzene rings is 1. The SMILES string of the molecule is CC(C)/C(S)=C/c1cccc(C=O)c1. The van der Waals surface area contributed by atoms with E-state index in [0.29, 0.717) is 11.5 Å². The van der Waals surface area contributed by atoms with Gasteiger partial charge >= 0.3 is 0 Å². The van der Waals surface area contributed by atoms with Gasteiger partial charge in [-0.2, -0.15) is 0 Å². The molecule has 0 amide bonds. The van der Waals surface area contributed by atoms with E-state index in [0.717, 1.165) is 16.8 Å². The number of carbonyl (C=O) groups excluding carboxylic acids is 1. The van der Waals surface area contributed by atoms with Crippen molar-refractivity contribution in [1.29, 1.82) is 0 Å². The Kier molecular flexibility index (Phi) is 3.96. The van der Waals surface area contributed by atoms with Crippen molar-refractivity contribution in [2.24, 2.45) is 5.92 Å². The summed E-state index contributed by atoms with van der Waals surface area (Å²) in [7, 11) is 0. The quantitative estimate of drug-likeness (QED) is 0.592. The van der Waals surface area contributed by atoms with Crippen LogP contribution in [0.1, 0.15) is 29.8 Å². The van der Waals surface area contributed by atoms with E-state index in [-0.39, 0.29) is 0 Å². The maximum Gasteiger partial charge on any atom is 0.150 e. The van der Waals surface area contributed by atoms with E-state index in [1.165, 1.54) is 0 Å². The normalized spacial score (nSPS) is 11.9. The molecule has 0 aliphatic rings. The van der Waals surface area contributed by atoms with E-state index in [2.05, 4.69) is 26.5 Å². The fraction of sp³-hybridized carbons (Fsp3) is 0.250. The highest BCUT2D eigenvalue weighted by atomic mass is 32.1. The molecule has 0 bridgehead atoms. The second-order valence-corrected chi connectivity index (χ2v) is 4.03. The van der Waals surface area contributed by atoms with Gasteiger partial charge in [-0.3, -0.25) is 4.79 Å². The highest BCUT2D eigenvalue weighted by molar-refractivity contribution is 7.84. The molecule has 0 aliphatic carbocycles. The first-order valence-electron chi connectivity index (χ1n) is 4.59. The number of aldehydes is 1. The summed E-state index contributed by atoms with van der Waals surface area (Å²) in [6.07, 6.45) is 2.84. The van der Waals surface area contributed by atoms with E-state index < -0.39 is 0 Å². The summed E-state index contributed by atoms with van der Waals surface area (Å²) in [5.74, 6) is 0.415. The highest BCUT2D eigenvalue weighted by Crippen LogP contribution is 2.18. The minimum absolute atomic E-state index is 0.415. The number of carbonyl (C=O) groups is 1. The van der Waals surface area contributed by atoms with Gasteiger partial charge in [0.1, 0.15) is 6.29 Å². The van der Waals surface area contributed by atoms with Gasteiger partial charge in [0.15, 0.2) is 0 Å². The van der Waals surface area contributed by atoms with E-state index in [9.17, 15) is 4.79 Å². The second kappa shape index (κ2) is 5.01. The molecular formula is C12H14OS. The number of allylic oxidation sites excluding steroid dienone is 1. The largest absolute Gasteiger partial charge is 0.298 e. The van der Waals surface area contributed by atoms with E-state index in [4.69, 9.17) is 0 Å². The molecule has 74 valence electrons. The average Bonchev–Trinajstić information content (AvgIpc) is 2.18. The second-order valence-electron chi connectivity index (χ2n) is 3.51. The molecule has 2 heteroatoms. The summed E-state index contributed by atoms with van der Waals surface area (Å²) in [4.78, 5) is 11.6. The zero-order chi connectivity index (χ0) is 10.6. The Hall–Kier alpha value is -1.02. The fourth-order valence-corrected chi connectivity index (χ4v) is 1.21. The van der Waals surface area contributed by atoms with Gasteiger partial charge in [0.25, 0.3) is 0 Å². The lowest BCUT2D eigenvalue weighted by atomic mass is 10.1. The lowest BCUT2D eigenvalue weighted by Crippen LogP contribution is -1.86. The third-order valence-electron chi connectivity index (χ3n) is 1.95. The van der Waals surface area contributed by atoms with Crippen LogP contribution in [0.3, 0.4) is 0 Å². The Morgan fingerprint density at radius 2 is 2.00 bits per heavy atom. The van der Waals surface area contributed by atoms with Crippen LogP contribution >= 0.6 is 12.6 Å². The summed E-state index contributed by atoms with van der Waals surface area (Å²) in [5, 5.41) is 0. The van der Waals surface area contributed by atoms with Gasteiger partial charge in [-0.15, -0.1) is 12.6 Å². The van der Waals surface area contributed by atoms with Gasteiger partial charge in [-0.25, -0.2) is 0 Å². The lowest BCUT2D eigenvalue weighted by molar-refractivity contribution is 0.112. The monoisotopic (exact) mass is 206 g/mol. The first-order chi connectivity index (χ1) is 6.63. The molecule has 1 rings (SSSR count). The van der Waals surface area contributed by atoms with Gasteiger partial charge in [0.05, 0.1) is 0 Å². The van der Waals surface area contributed by atoms with Crippen LogP contribution in [0.25, 0.3) is 6.08 Å². The molecule has 1 nitrogen and oxygen atoms in total. The lowest BCUT2D eigenvalue weighted by Gasteiger charge is -2.03. The Balaban J connectivity index is 2.96. The number of hydrogen-bond donors (Lipinski definition) is 1. The Bertz CT molecular complexity index is 353. The van der Waals surface area contributed by atoms with Crippen molar-refractivity contribution in [2.45, 2.75) is 13.8 Å². The predicted octanol–water partition coefficient (Wildman–Crippen LogP) is 3.43. The summed E-state index contributed by atoms with van der Waals surface area (Å²) < 4.78 is 0. The first kappa shape index (κ1) is 11.1. The summed E-state index contributed by atoms with van der Waals surface area (Å²) in [6, 6.07) is 7.48. The van der Waals surface area contributed by atoms with Crippen LogP contribution in [-0.2, 0) is 0 Å². The van der Waals surface area contributed by atoms with Crippen LogP contribution in [-0.4, -0.2) is 6.29 Å². The minimum atomic E-state index is 0.415. The molecule has 1 aromatic rings. The molecule has 1 aromatic carbocycles. The summed E-state index contributed by atoms with van der Waals surface area (Å²) in [6.45, 7) is 4.17. The Morgan fingerprint density at radius 3 is 2.57 bits per heavy atom. The van der Waals surface area contributed by atoms with Crippen molar-refractivity contribution in [1.82, 2.24) is 0 Å². The highest BCUT2D eigenvalue weighted by Gasteiger charge is 1.98. The van der Waals surface area contributed by atoms with Gasteiger partial charge in [0, 0.05) is 5.56 Å². The molecular weight excluding hydrogens is 192 g/mol. The molecule has 0 unspecified atom stereocenters. The van der Waals surface area contributed by atoms with Gasteiger partial charge in [0.2, 0.25) is 0 Å². The van der Waals surface area contributed by atoms with Crippen LogP contribution in [0.2, 0.25) is 0 Å². The molecule has 14 heavy (non-hydrogen) atoms. The Morgan fingerprint density at radius 1 is 1.36 bits per heavy atom. The van der Waals surface area contributed by atoms with E-state index in [1.54, 1.807) is 6.07 Å².